The van der Waals surface area contributed by atoms with Crippen molar-refractivity contribution in [1.29, 1.82) is 0 Å². The number of carbonyl (C=O) groups excluding carboxylic acids is 3. The SMILES string of the molecule is CC(=O)OCCC(=CC(NC=O)C(=O)OCc1ccccc1)CP(=O)(OC(C)C)OC(C)C. The fourth-order valence-corrected chi connectivity index (χ4v) is 5.09. The first kappa shape index (κ1) is 28.6. The van der Waals surface area contributed by atoms with Gasteiger partial charge in [0.15, 0.2) is 0 Å². The van der Waals surface area contributed by atoms with Gasteiger partial charge < -0.3 is 23.8 Å². The molecule has 1 rings (SSSR count). The molecule has 0 spiro atoms. The van der Waals surface area contributed by atoms with E-state index in [4.69, 9.17) is 18.5 Å². The Morgan fingerprint density at radius 2 is 1.64 bits per heavy atom. The van der Waals surface area contributed by atoms with Gasteiger partial charge in [-0.2, -0.15) is 0 Å². The van der Waals surface area contributed by atoms with Crippen LogP contribution >= 0.6 is 7.60 Å². The lowest BCUT2D eigenvalue weighted by atomic mass is 10.1. The minimum Gasteiger partial charge on any atom is -0.466 e. The summed E-state index contributed by atoms with van der Waals surface area (Å²) in [5.74, 6) is -1.17. The minimum absolute atomic E-state index is 0.00258. The van der Waals surface area contributed by atoms with Crippen LogP contribution in [0, 0.1) is 0 Å². The standard InChI is InChI=1S/C23H34NO8P/c1-17(2)31-33(28,32-18(3)4)15-21(11-12-29-19(5)26)13-22(24-16-25)23(27)30-14-20-9-7-6-8-10-20/h6-10,13,16-18,22H,11-12,14-15H2,1-5H3,(H,24,25). The summed E-state index contributed by atoms with van der Waals surface area (Å²) in [4.78, 5) is 34.9. The molecule has 10 heteroatoms. The highest BCUT2D eigenvalue weighted by Gasteiger charge is 2.30. The first-order chi connectivity index (χ1) is 15.5. The van der Waals surface area contributed by atoms with E-state index in [0.29, 0.717) is 12.0 Å². The third-order valence-corrected chi connectivity index (χ3v) is 6.28. The molecule has 1 unspecified atom stereocenters. The summed E-state index contributed by atoms with van der Waals surface area (Å²) < 4.78 is 34.9. The van der Waals surface area contributed by atoms with Gasteiger partial charge in [-0.25, -0.2) is 4.79 Å². The summed E-state index contributed by atoms with van der Waals surface area (Å²) in [7, 11) is -3.60. The van der Waals surface area contributed by atoms with Crippen molar-refractivity contribution in [3.8, 4) is 0 Å². The monoisotopic (exact) mass is 483 g/mol. The van der Waals surface area contributed by atoms with Crippen LogP contribution in [0.5, 0.6) is 0 Å². The molecule has 0 aliphatic carbocycles. The average molecular weight is 483 g/mol. The number of benzene rings is 1. The van der Waals surface area contributed by atoms with Gasteiger partial charge >= 0.3 is 19.5 Å². The lowest BCUT2D eigenvalue weighted by Crippen LogP contribution is -2.36. The van der Waals surface area contributed by atoms with E-state index in [1.807, 2.05) is 18.2 Å². The summed E-state index contributed by atoms with van der Waals surface area (Å²) in [5.41, 5.74) is 1.24. The third kappa shape index (κ3) is 12.4. The maximum atomic E-state index is 13.4. The maximum absolute atomic E-state index is 13.4. The molecule has 1 aromatic rings. The van der Waals surface area contributed by atoms with Gasteiger partial charge in [-0.1, -0.05) is 42.0 Å². The molecule has 1 N–H and O–H groups in total. The normalized spacial score (nSPS) is 13.0. The van der Waals surface area contributed by atoms with E-state index in [1.54, 1.807) is 39.8 Å². The minimum atomic E-state index is -3.60. The second-order valence-electron chi connectivity index (χ2n) is 7.85. The number of hydrogen-bond donors (Lipinski definition) is 1. The van der Waals surface area contributed by atoms with Crippen molar-refractivity contribution < 1.29 is 37.5 Å². The summed E-state index contributed by atoms with van der Waals surface area (Å²) in [5, 5.41) is 2.41. The van der Waals surface area contributed by atoms with E-state index in [0.717, 1.165) is 5.56 Å². The van der Waals surface area contributed by atoms with Gasteiger partial charge in [-0.3, -0.25) is 14.2 Å². The molecule has 0 heterocycles. The highest BCUT2D eigenvalue weighted by atomic mass is 31.2. The quantitative estimate of drug-likeness (QED) is 0.173. The van der Waals surface area contributed by atoms with Gasteiger partial charge in [-0.05, 0) is 33.3 Å². The molecule has 9 nitrogen and oxygen atoms in total. The van der Waals surface area contributed by atoms with Gasteiger partial charge in [0.1, 0.15) is 12.6 Å². The van der Waals surface area contributed by atoms with Crippen LogP contribution in [-0.4, -0.2) is 49.4 Å². The highest BCUT2D eigenvalue weighted by molar-refractivity contribution is 7.54. The fraction of sp³-hybridized carbons (Fsp3) is 0.522. The van der Waals surface area contributed by atoms with Crippen molar-refractivity contribution in [2.45, 2.75) is 65.9 Å². The lowest BCUT2D eigenvalue weighted by molar-refractivity contribution is -0.147. The van der Waals surface area contributed by atoms with Crippen molar-refractivity contribution in [1.82, 2.24) is 5.32 Å². The fourth-order valence-electron chi connectivity index (χ4n) is 2.84. The summed E-state index contributed by atoms with van der Waals surface area (Å²) in [6.45, 7) is 8.23. The number of amides is 1. The number of nitrogens with one attached hydrogen (secondary N) is 1. The molecular weight excluding hydrogens is 449 g/mol. The zero-order valence-corrected chi connectivity index (χ0v) is 20.7. The predicted molar refractivity (Wildman–Crippen MR) is 123 cm³/mol. The summed E-state index contributed by atoms with van der Waals surface area (Å²) in [6, 6.07) is 7.95. The number of carbonyl (C=O) groups is 3. The number of rotatable bonds is 15. The van der Waals surface area contributed by atoms with Crippen LogP contribution < -0.4 is 5.32 Å². The van der Waals surface area contributed by atoms with Gasteiger partial charge in [0, 0.05) is 13.3 Å². The molecule has 1 atom stereocenters. The number of hydrogen-bond acceptors (Lipinski definition) is 8. The molecule has 184 valence electrons. The molecule has 0 aromatic heterocycles. The average Bonchev–Trinajstić information content (AvgIpc) is 2.70. The second kappa shape index (κ2) is 14.6. The first-order valence-electron chi connectivity index (χ1n) is 10.7. The molecule has 0 aliphatic rings. The van der Waals surface area contributed by atoms with E-state index >= 15 is 0 Å². The molecular formula is C23H34NO8P. The predicted octanol–water partition coefficient (Wildman–Crippen LogP) is 3.77. The molecule has 0 radical (unpaired) electrons. The second-order valence-corrected chi connectivity index (χ2v) is 9.81. The Kier molecular flexibility index (Phi) is 12.7. The van der Waals surface area contributed by atoms with Crippen molar-refractivity contribution >= 4 is 25.9 Å². The Morgan fingerprint density at radius 3 is 2.15 bits per heavy atom. The van der Waals surface area contributed by atoms with Crippen molar-refractivity contribution in [3.63, 3.8) is 0 Å². The molecule has 0 saturated heterocycles. The van der Waals surface area contributed by atoms with Gasteiger partial charge in [0.25, 0.3) is 0 Å². The van der Waals surface area contributed by atoms with Gasteiger partial charge in [-0.15, -0.1) is 0 Å². The van der Waals surface area contributed by atoms with E-state index < -0.39 is 25.6 Å². The Balaban J connectivity index is 3.11. The van der Waals surface area contributed by atoms with Crippen molar-refractivity contribution in [3.05, 3.63) is 47.5 Å². The zero-order valence-electron chi connectivity index (χ0n) is 19.8. The number of esters is 2. The molecule has 0 fully saturated rings. The van der Waals surface area contributed by atoms with Crippen LogP contribution in [0.3, 0.4) is 0 Å². The van der Waals surface area contributed by atoms with Crippen LogP contribution in [0.1, 0.15) is 46.6 Å². The molecule has 0 aliphatic heterocycles. The first-order valence-corrected chi connectivity index (χ1v) is 12.5. The Labute approximate surface area is 195 Å². The largest absolute Gasteiger partial charge is 0.466 e. The van der Waals surface area contributed by atoms with E-state index in [1.165, 1.54) is 13.0 Å². The molecule has 0 bridgehead atoms. The smallest absolute Gasteiger partial charge is 0.335 e. The van der Waals surface area contributed by atoms with Crippen LogP contribution in [0.4, 0.5) is 0 Å². The highest BCUT2D eigenvalue weighted by Crippen LogP contribution is 2.52. The van der Waals surface area contributed by atoms with Crippen LogP contribution in [-0.2, 0) is 44.1 Å². The zero-order chi connectivity index (χ0) is 24.9. The van der Waals surface area contributed by atoms with Crippen molar-refractivity contribution in [2.24, 2.45) is 0 Å². The Morgan fingerprint density at radius 1 is 1.03 bits per heavy atom. The molecule has 1 aromatic carbocycles. The third-order valence-electron chi connectivity index (χ3n) is 4.00. The van der Waals surface area contributed by atoms with E-state index in [-0.39, 0.29) is 38.0 Å². The van der Waals surface area contributed by atoms with E-state index in [9.17, 15) is 18.9 Å². The topological polar surface area (TPSA) is 117 Å². The molecule has 1 amide bonds. The Bertz CT molecular complexity index is 824. The molecule has 0 saturated carbocycles. The number of ether oxygens (including phenoxy) is 2. The molecule has 33 heavy (non-hydrogen) atoms. The summed E-state index contributed by atoms with van der Waals surface area (Å²) in [6.07, 6.45) is 1.09. The van der Waals surface area contributed by atoms with Gasteiger partial charge in [0.05, 0.1) is 25.0 Å². The van der Waals surface area contributed by atoms with Crippen LogP contribution in [0.2, 0.25) is 0 Å². The van der Waals surface area contributed by atoms with Crippen LogP contribution in [0.15, 0.2) is 42.0 Å². The Hall–Kier alpha value is -2.48. The van der Waals surface area contributed by atoms with Gasteiger partial charge in [0.2, 0.25) is 6.41 Å². The lowest BCUT2D eigenvalue weighted by Gasteiger charge is -2.24. The maximum Gasteiger partial charge on any atom is 0.335 e. The van der Waals surface area contributed by atoms with Crippen LogP contribution in [0.25, 0.3) is 0 Å². The summed E-state index contributed by atoms with van der Waals surface area (Å²) >= 11 is 0. The van der Waals surface area contributed by atoms with E-state index in [2.05, 4.69) is 5.32 Å². The van der Waals surface area contributed by atoms with Crippen molar-refractivity contribution in [2.75, 3.05) is 12.8 Å².